The molecule has 0 aromatic heterocycles. The van der Waals surface area contributed by atoms with Gasteiger partial charge in [-0.2, -0.15) is 0 Å². The molecule has 0 aromatic carbocycles. The van der Waals surface area contributed by atoms with Crippen LogP contribution in [0.2, 0.25) is 0 Å². The summed E-state index contributed by atoms with van der Waals surface area (Å²) < 4.78 is 5.56. The summed E-state index contributed by atoms with van der Waals surface area (Å²) in [7, 11) is 0. The van der Waals surface area contributed by atoms with Crippen LogP contribution in [0.4, 0.5) is 0 Å². The molecule has 146 valence electrons. The van der Waals surface area contributed by atoms with Crippen molar-refractivity contribution in [2.75, 3.05) is 6.61 Å². The number of carbonyl (C=O) groups is 1. The first-order valence-corrected chi connectivity index (χ1v) is 9.10. The number of carbonyl (C=O) groups excluding carboxylic acids is 1. The zero-order chi connectivity index (χ0) is 19.9. The minimum absolute atomic E-state index is 0.0301. The highest BCUT2D eigenvalue weighted by Crippen LogP contribution is 2.40. The van der Waals surface area contributed by atoms with Gasteiger partial charge in [-0.05, 0) is 43.6 Å². The normalized spacial score (nSPS) is 34.0. The van der Waals surface area contributed by atoms with Crippen LogP contribution in [0.25, 0.3) is 0 Å². The van der Waals surface area contributed by atoms with Gasteiger partial charge >= 0.3 is 0 Å². The lowest BCUT2D eigenvalue weighted by Gasteiger charge is -2.40. The third kappa shape index (κ3) is 3.75. The molecule has 0 unspecified atom stereocenters. The molecule has 1 aliphatic carbocycles. The molecule has 7 heteroatoms. The zero-order valence-electron chi connectivity index (χ0n) is 15.4. The number of aliphatic hydroxyl groups excluding tert-OH is 2. The van der Waals surface area contributed by atoms with Gasteiger partial charge < -0.3 is 25.2 Å². The number of Topliss-reactive ketones (excluding diaryl/α,β-unsaturated/α-hetero) is 1. The van der Waals surface area contributed by atoms with Gasteiger partial charge in [-0.25, -0.2) is 0 Å². The van der Waals surface area contributed by atoms with Crippen molar-refractivity contribution in [3.05, 3.63) is 34.6 Å². The molecule has 1 heterocycles. The molecule has 26 heavy (non-hydrogen) atoms. The van der Waals surface area contributed by atoms with Crippen LogP contribution < -0.4 is 0 Å². The number of ether oxygens (including phenoxy) is 1. The van der Waals surface area contributed by atoms with E-state index in [1.54, 1.807) is 0 Å². The Balaban J connectivity index is 2.29. The van der Waals surface area contributed by atoms with E-state index in [9.17, 15) is 25.2 Å². The van der Waals surface area contributed by atoms with E-state index in [0.717, 1.165) is 0 Å². The molecular weight excluding hydrogens is 360 g/mol. The molecule has 0 saturated carbocycles. The summed E-state index contributed by atoms with van der Waals surface area (Å²) in [4.78, 5) is 12.2. The maximum Gasteiger partial charge on any atom is 0.208 e. The Bertz CT molecular complexity index is 661. The van der Waals surface area contributed by atoms with E-state index >= 15 is 0 Å². The first kappa shape index (κ1) is 21.1. The smallest absolute Gasteiger partial charge is 0.208 e. The first-order chi connectivity index (χ1) is 11.9. The fourth-order valence-corrected chi connectivity index (χ4v) is 3.58. The molecule has 0 saturated heterocycles. The molecule has 4 N–H and O–H groups in total. The molecule has 0 spiro atoms. The molecule has 0 aromatic rings. The summed E-state index contributed by atoms with van der Waals surface area (Å²) in [6, 6.07) is 0. The second kappa shape index (κ2) is 7.44. The van der Waals surface area contributed by atoms with Crippen LogP contribution in [-0.4, -0.2) is 56.2 Å². The van der Waals surface area contributed by atoms with Gasteiger partial charge in [0.1, 0.15) is 17.5 Å². The molecule has 0 bridgehead atoms. The number of halogens is 1. The van der Waals surface area contributed by atoms with Crippen LogP contribution in [0.3, 0.4) is 0 Å². The van der Waals surface area contributed by atoms with E-state index < -0.39 is 35.1 Å². The predicted molar refractivity (Wildman–Crippen MR) is 97.3 cm³/mol. The van der Waals surface area contributed by atoms with Gasteiger partial charge in [0, 0.05) is 5.92 Å². The Hall–Kier alpha value is -1.18. The van der Waals surface area contributed by atoms with Gasteiger partial charge in [-0.15, -0.1) is 0 Å². The summed E-state index contributed by atoms with van der Waals surface area (Å²) in [5.41, 5.74) is -3.02. The van der Waals surface area contributed by atoms with E-state index in [4.69, 9.17) is 16.3 Å². The van der Waals surface area contributed by atoms with Gasteiger partial charge in [0.15, 0.2) is 5.60 Å². The van der Waals surface area contributed by atoms with Crippen molar-refractivity contribution in [2.24, 2.45) is 11.8 Å². The van der Waals surface area contributed by atoms with Crippen LogP contribution in [0.5, 0.6) is 0 Å². The minimum atomic E-state index is -1.96. The Morgan fingerprint density at radius 3 is 2.73 bits per heavy atom. The highest BCUT2D eigenvalue weighted by molar-refractivity contribution is 6.44. The number of aliphatic hydroxyl groups is 4. The van der Waals surface area contributed by atoms with Gasteiger partial charge in [-0.1, -0.05) is 31.9 Å². The lowest BCUT2D eigenvalue weighted by Crippen LogP contribution is -2.55. The number of hydrogen-bond acceptors (Lipinski definition) is 6. The second-order valence-corrected chi connectivity index (χ2v) is 7.92. The molecule has 0 fully saturated rings. The molecule has 1 aliphatic heterocycles. The minimum Gasteiger partial charge on any atom is -0.493 e. The molecule has 2 aliphatic rings. The van der Waals surface area contributed by atoms with Crippen LogP contribution in [-0.2, 0) is 9.53 Å². The van der Waals surface area contributed by atoms with Crippen molar-refractivity contribution >= 4 is 17.4 Å². The van der Waals surface area contributed by atoms with Crippen molar-refractivity contribution in [1.82, 2.24) is 0 Å². The topological polar surface area (TPSA) is 107 Å². The Kier molecular flexibility index (Phi) is 6.05. The summed E-state index contributed by atoms with van der Waals surface area (Å²) in [5, 5.41) is 41.0. The second-order valence-electron chi connectivity index (χ2n) is 7.54. The predicted octanol–water partition coefficient (Wildman–Crippen LogP) is 1.42. The van der Waals surface area contributed by atoms with E-state index in [1.807, 2.05) is 13.8 Å². The molecular formula is C19H27ClO6. The van der Waals surface area contributed by atoms with Crippen LogP contribution in [0.15, 0.2) is 34.6 Å². The number of ketones is 1. The average molecular weight is 387 g/mol. The molecule has 0 amide bonds. The van der Waals surface area contributed by atoms with Crippen LogP contribution in [0, 0.1) is 11.8 Å². The van der Waals surface area contributed by atoms with Crippen molar-refractivity contribution in [3.8, 4) is 0 Å². The molecule has 0 radical (unpaired) electrons. The van der Waals surface area contributed by atoms with E-state index in [0.29, 0.717) is 17.8 Å². The average Bonchev–Trinajstić information content (AvgIpc) is 2.61. The first-order valence-electron chi connectivity index (χ1n) is 8.72. The van der Waals surface area contributed by atoms with Gasteiger partial charge in [0.25, 0.3) is 0 Å². The van der Waals surface area contributed by atoms with Crippen LogP contribution in [0.1, 0.15) is 34.1 Å². The zero-order valence-corrected chi connectivity index (χ0v) is 16.2. The van der Waals surface area contributed by atoms with Crippen molar-refractivity contribution < 1.29 is 30.0 Å². The molecule has 6 nitrogen and oxygen atoms in total. The van der Waals surface area contributed by atoms with E-state index in [1.165, 1.54) is 32.1 Å². The van der Waals surface area contributed by atoms with Crippen molar-refractivity contribution in [2.45, 2.75) is 57.5 Å². The summed E-state index contributed by atoms with van der Waals surface area (Å²) in [6.07, 6.45) is 2.88. The Labute approximate surface area is 158 Å². The number of rotatable bonds is 5. The molecule has 2 rings (SSSR count). The fourth-order valence-electron chi connectivity index (χ4n) is 3.19. The number of allylic oxidation sites excluding steroid dienone is 2. The number of fused-ring (bicyclic) bond motifs is 1. The third-order valence-electron chi connectivity index (χ3n) is 5.36. The monoisotopic (exact) mass is 386 g/mol. The van der Waals surface area contributed by atoms with Crippen molar-refractivity contribution in [1.29, 1.82) is 0 Å². The van der Waals surface area contributed by atoms with Gasteiger partial charge in [0.2, 0.25) is 5.78 Å². The lowest BCUT2D eigenvalue weighted by atomic mass is 9.75. The fraction of sp³-hybridized carbons (Fsp3) is 0.632. The van der Waals surface area contributed by atoms with E-state index in [-0.39, 0.29) is 17.6 Å². The maximum absolute atomic E-state index is 12.2. The van der Waals surface area contributed by atoms with Crippen LogP contribution >= 0.6 is 11.6 Å². The quantitative estimate of drug-likeness (QED) is 0.569. The standard InChI is InChI=1S/C19H27ClO6/c1-5-10(2)15(21)18(3,24)7-6-11-8-12-13(9-26-11)16(22)19(4,25)17(23)14(12)20/h6-8,10,13,15-16,21-22,24-25H,5,9H2,1-4H3/b7-6+/t10-,13+,15-,16-,18+,19+/m0/s1. The SMILES string of the molecule is CC[C@H](C)[C@H](O)[C@](C)(O)/C=C/C1=CC2=C(Cl)C(=O)[C@](C)(O)[C@@H](O)[C@@H]2CO1. The highest BCUT2D eigenvalue weighted by Gasteiger charge is 2.50. The molecule has 6 atom stereocenters. The van der Waals surface area contributed by atoms with E-state index in [2.05, 4.69) is 0 Å². The Morgan fingerprint density at radius 1 is 1.54 bits per heavy atom. The Morgan fingerprint density at radius 2 is 2.15 bits per heavy atom. The third-order valence-corrected chi connectivity index (χ3v) is 5.75. The number of hydrogen-bond donors (Lipinski definition) is 4. The summed E-state index contributed by atoms with van der Waals surface area (Å²) in [6.45, 7) is 6.53. The summed E-state index contributed by atoms with van der Waals surface area (Å²) in [5.74, 6) is -1.12. The summed E-state index contributed by atoms with van der Waals surface area (Å²) >= 11 is 6.10. The largest absolute Gasteiger partial charge is 0.493 e. The van der Waals surface area contributed by atoms with Gasteiger partial charge in [-0.3, -0.25) is 4.79 Å². The maximum atomic E-state index is 12.2. The highest BCUT2D eigenvalue weighted by atomic mass is 35.5. The lowest BCUT2D eigenvalue weighted by molar-refractivity contribution is -0.150. The van der Waals surface area contributed by atoms with Gasteiger partial charge in [0.05, 0.1) is 17.7 Å². The van der Waals surface area contributed by atoms with Crippen molar-refractivity contribution in [3.63, 3.8) is 0 Å².